The van der Waals surface area contributed by atoms with Crippen LogP contribution in [-0.4, -0.2) is 15.2 Å². The molecule has 0 saturated heterocycles. The lowest BCUT2D eigenvalue weighted by atomic mass is 10.0. The maximum absolute atomic E-state index is 13.8. The van der Waals surface area contributed by atoms with Gasteiger partial charge in [-0.1, -0.05) is 0 Å². The average Bonchev–Trinajstić information content (AvgIpc) is 3.20. The SMILES string of the molecule is O=c1ccc2c(c1)oc1c(-c3cc(F)c(F)c(F)c3)c3c[nH][nH]c3nc12. The minimum atomic E-state index is -1.54. The minimum absolute atomic E-state index is 0.0909. The van der Waals surface area contributed by atoms with Crippen molar-refractivity contribution < 1.29 is 17.6 Å². The number of nitrogens with zero attached hydrogens (tertiary/aromatic N) is 1. The molecule has 0 saturated carbocycles. The standard InChI is InChI=1S/C18H8F3N3O2/c19-11-3-7(4-12(20)15(11)21)14-10-6-22-24-18(10)23-16-9-2-1-8(25)5-13(9)26-17(14)16/h1-6H,(H2,22,23,24). The normalized spacial score (nSPS) is 11.8. The van der Waals surface area contributed by atoms with Gasteiger partial charge in [-0.3, -0.25) is 9.89 Å². The monoisotopic (exact) mass is 355 g/mol. The highest BCUT2D eigenvalue weighted by molar-refractivity contribution is 6.14. The van der Waals surface area contributed by atoms with E-state index in [9.17, 15) is 18.0 Å². The number of hydrogen-bond donors (Lipinski definition) is 2. The Morgan fingerprint density at radius 1 is 1.00 bits per heavy atom. The first kappa shape index (κ1) is 14.8. The number of pyridine rings is 1. The van der Waals surface area contributed by atoms with E-state index in [2.05, 4.69) is 15.2 Å². The Kier molecular flexibility index (Phi) is 2.83. The average molecular weight is 355 g/mol. The summed E-state index contributed by atoms with van der Waals surface area (Å²) in [6.07, 6.45) is 1.56. The number of benzene rings is 2. The summed E-state index contributed by atoms with van der Waals surface area (Å²) in [6.45, 7) is 0. The Morgan fingerprint density at radius 2 is 1.77 bits per heavy atom. The number of aromatic amines is 2. The van der Waals surface area contributed by atoms with Crippen molar-refractivity contribution >= 4 is 33.1 Å². The Bertz CT molecular complexity index is 1370. The van der Waals surface area contributed by atoms with E-state index in [1.54, 1.807) is 12.3 Å². The van der Waals surface area contributed by atoms with Crippen LogP contribution in [0.25, 0.3) is 44.2 Å². The quantitative estimate of drug-likeness (QED) is 0.442. The third-order valence-corrected chi connectivity index (χ3v) is 4.29. The molecule has 0 unspecified atom stereocenters. The van der Waals surface area contributed by atoms with Gasteiger partial charge in [0.25, 0.3) is 0 Å². The molecule has 128 valence electrons. The number of rotatable bonds is 1. The van der Waals surface area contributed by atoms with Gasteiger partial charge in [0.15, 0.2) is 34.1 Å². The Hall–Kier alpha value is -3.55. The van der Waals surface area contributed by atoms with Crippen LogP contribution in [0.2, 0.25) is 0 Å². The smallest absolute Gasteiger partial charge is 0.194 e. The number of H-pyrrole nitrogens is 2. The van der Waals surface area contributed by atoms with Crippen molar-refractivity contribution in [3.8, 4) is 11.1 Å². The molecule has 2 aromatic carbocycles. The van der Waals surface area contributed by atoms with Crippen molar-refractivity contribution in [1.82, 2.24) is 15.2 Å². The van der Waals surface area contributed by atoms with Gasteiger partial charge in [0.05, 0.1) is 0 Å². The molecule has 5 nitrogen and oxygen atoms in total. The van der Waals surface area contributed by atoms with E-state index in [1.807, 2.05) is 0 Å². The summed E-state index contributed by atoms with van der Waals surface area (Å²) in [5, 5.41) is 6.68. The Morgan fingerprint density at radius 3 is 2.54 bits per heavy atom. The molecular weight excluding hydrogens is 347 g/mol. The van der Waals surface area contributed by atoms with Gasteiger partial charge in [-0.05, 0) is 29.8 Å². The van der Waals surface area contributed by atoms with Crippen molar-refractivity contribution in [2.24, 2.45) is 0 Å². The number of fused-ring (bicyclic) bond motifs is 4. The van der Waals surface area contributed by atoms with Crippen LogP contribution in [-0.2, 0) is 0 Å². The van der Waals surface area contributed by atoms with E-state index in [1.165, 1.54) is 12.1 Å². The van der Waals surface area contributed by atoms with Crippen molar-refractivity contribution in [2.75, 3.05) is 0 Å². The predicted molar refractivity (Wildman–Crippen MR) is 89.3 cm³/mol. The van der Waals surface area contributed by atoms with Crippen LogP contribution < -0.4 is 5.43 Å². The molecule has 0 amide bonds. The van der Waals surface area contributed by atoms with Gasteiger partial charge in [0.2, 0.25) is 0 Å². The fourth-order valence-electron chi connectivity index (χ4n) is 3.16. The molecule has 0 aliphatic rings. The summed E-state index contributed by atoms with van der Waals surface area (Å²) >= 11 is 0. The lowest BCUT2D eigenvalue weighted by Crippen LogP contribution is -1.93. The lowest BCUT2D eigenvalue weighted by molar-refractivity contribution is 0.448. The highest BCUT2D eigenvalue weighted by Gasteiger charge is 2.21. The first-order chi connectivity index (χ1) is 12.5. The summed E-state index contributed by atoms with van der Waals surface area (Å²) in [5.74, 6) is -4.16. The summed E-state index contributed by atoms with van der Waals surface area (Å²) in [6, 6.07) is 6.05. The predicted octanol–water partition coefficient (Wildman–Crippen LogP) is 4.23. The zero-order valence-corrected chi connectivity index (χ0v) is 12.9. The van der Waals surface area contributed by atoms with Crippen molar-refractivity contribution in [3.05, 3.63) is 64.2 Å². The van der Waals surface area contributed by atoms with Gasteiger partial charge in [-0.2, -0.15) is 0 Å². The van der Waals surface area contributed by atoms with Gasteiger partial charge in [0.1, 0.15) is 11.1 Å². The zero-order valence-electron chi connectivity index (χ0n) is 12.9. The van der Waals surface area contributed by atoms with Gasteiger partial charge in [-0.25, -0.2) is 18.2 Å². The second kappa shape index (κ2) is 4.98. The molecule has 0 spiro atoms. The molecule has 0 radical (unpaired) electrons. The van der Waals surface area contributed by atoms with Crippen LogP contribution >= 0.6 is 0 Å². The van der Waals surface area contributed by atoms with Crippen molar-refractivity contribution in [3.63, 3.8) is 0 Å². The van der Waals surface area contributed by atoms with Crippen LogP contribution in [0.4, 0.5) is 13.2 Å². The maximum Gasteiger partial charge on any atom is 0.194 e. The first-order valence-corrected chi connectivity index (χ1v) is 7.60. The molecule has 5 aromatic rings. The van der Waals surface area contributed by atoms with E-state index in [4.69, 9.17) is 4.42 Å². The van der Waals surface area contributed by atoms with E-state index < -0.39 is 17.5 Å². The number of nitrogens with one attached hydrogen (secondary N) is 2. The van der Waals surface area contributed by atoms with Gasteiger partial charge >= 0.3 is 0 Å². The number of hydrogen-bond acceptors (Lipinski definition) is 3. The first-order valence-electron chi connectivity index (χ1n) is 7.60. The third kappa shape index (κ3) is 1.92. The summed E-state index contributed by atoms with van der Waals surface area (Å²) < 4.78 is 46.7. The second-order valence-electron chi connectivity index (χ2n) is 5.85. The molecule has 0 bridgehead atoms. The molecular formula is C18H8F3N3O2. The maximum atomic E-state index is 13.8. The van der Waals surface area contributed by atoms with Gasteiger partial charge in [-0.15, -0.1) is 0 Å². The van der Waals surface area contributed by atoms with Crippen LogP contribution in [0.5, 0.6) is 0 Å². The Balaban J connectivity index is 2.00. The molecule has 0 atom stereocenters. The van der Waals surface area contributed by atoms with Crippen molar-refractivity contribution in [1.29, 1.82) is 0 Å². The molecule has 3 heterocycles. The number of furan rings is 1. The fraction of sp³-hybridized carbons (Fsp3) is 0. The summed E-state index contributed by atoms with van der Waals surface area (Å²) in [7, 11) is 0. The second-order valence-corrected chi connectivity index (χ2v) is 5.85. The highest BCUT2D eigenvalue weighted by atomic mass is 19.2. The fourth-order valence-corrected chi connectivity index (χ4v) is 3.16. The van der Waals surface area contributed by atoms with Crippen LogP contribution in [0.15, 0.2) is 45.7 Å². The summed E-state index contributed by atoms with van der Waals surface area (Å²) in [4.78, 5) is 16.1. The number of halogens is 3. The molecule has 8 heteroatoms. The molecule has 0 aliphatic carbocycles. The molecule has 2 N–H and O–H groups in total. The largest absolute Gasteiger partial charge is 0.454 e. The molecule has 5 rings (SSSR count). The molecule has 0 aliphatic heterocycles. The number of aromatic nitrogens is 3. The van der Waals surface area contributed by atoms with Gasteiger partial charge < -0.3 is 9.52 Å². The van der Waals surface area contributed by atoms with Gasteiger partial charge in [0, 0.05) is 28.6 Å². The third-order valence-electron chi connectivity index (χ3n) is 4.29. The Labute approximate surface area is 142 Å². The van der Waals surface area contributed by atoms with E-state index >= 15 is 0 Å². The molecule has 3 aromatic heterocycles. The van der Waals surface area contributed by atoms with E-state index in [0.717, 1.165) is 12.1 Å². The van der Waals surface area contributed by atoms with E-state index in [-0.39, 0.29) is 16.6 Å². The van der Waals surface area contributed by atoms with Crippen LogP contribution in [0, 0.1) is 17.5 Å². The summed E-state index contributed by atoms with van der Waals surface area (Å²) in [5.41, 5.74) is 1.58. The van der Waals surface area contributed by atoms with Crippen LogP contribution in [0.1, 0.15) is 0 Å². The molecule has 0 fully saturated rings. The van der Waals surface area contributed by atoms with E-state index in [0.29, 0.717) is 33.1 Å². The highest BCUT2D eigenvalue weighted by Crippen LogP contribution is 2.39. The topological polar surface area (TPSA) is 74.7 Å². The van der Waals surface area contributed by atoms with Crippen molar-refractivity contribution in [2.45, 2.75) is 0 Å². The lowest BCUT2D eigenvalue weighted by Gasteiger charge is -2.06. The van der Waals surface area contributed by atoms with Crippen LogP contribution in [0.3, 0.4) is 0 Å². The minimum Gasteiger partial charge on any atom is -0.454 e. The zero-order chi connectivity index (χ0) is 18.0. The molecule has 26 heavy (non-hydrogen) atoms.